The number of rotatable bonds is 4. The molecule has 116 valence electrons. The van der Waals surface area contributed by atoms with Gasteiger partial charge in [-0.1, -0.05) is 29.8 Å². The molecule has 1 heterocycles. The topological polar surface area (TPSA) is 49.8 Å². The highest BCUT2D eigenvalue weighted by Gasteiger charge is 2.34. The summed E-state index contributed by atoms with van der Waals surface area (Å²) in [7, 11) is 1.39. The lowest BCUT2D eigenvalue weighted by Gasteiger charge is -2.38. The lowest BCUT2D eigenvalue weighted by Crippen LogP contribution is -2.44. The molecule has 1 aliphatic rings. The molecule has 0 bridgehead atoms. The summed E-state index contributed by atoms with van der Waals surface area (Å²) in [5.74, 6) is -0.136. The average molecular weight is 312 g/mol. The molecule has 4 nitrogen and oxygen atoms in total. The molecule has 1 fully saturated rings. The standard InChI is InChI=1S/C16H22ClNO3/c1-11(19)12-6-5-9-18(10-12)15(16(20)21-2)13-7-3-4-8-14(13)17/h3-4,7-8,11-12,15,19H,5-6,9-10H2,1-2H3. The highest BCUT2D eigenvalue weighted by atomic mass is 35.5. The average Bonchev–Trinajstić information content (AvgIpc) is 2.49. The fraction of sp³-hybridized carbons (Fsp3) is 0.562. The molecule has 5 heteroatoms. The Morgan fingerprint density at radius 2 is 2.19 bits per heavy atom. The van der Waals surface area contributed by atoms with E-state index in [9.17, 15) is 9.90 Å². The van der Waals surface area contributed by atoms with Crippen LogP contribution in [0.3, 0.4) is 0 Å². The summed E-state index contributed by atoms with van der Waals surface area (Å²) in [4.78, 5) is 14.3. The maximum absolute atomic E-state index is 12.3. The second kappa shape index (κ2) is 7.25. The highest BCUT2D eigenvalue weighted by molar-refractivity contribution is 6.31. The number of nitrogens with zero attached hydrogens (tertiary/aromatic N) is 1. The van der Waals surface area contributed by atoms with Crippen molar-refractivity contribution in [3.05, 3.63) is 34.9 Å². The first kappa shape index (κ1) is 16.3. The normalized spacial score (nSPS) is 22.6. The minimum atomic E-state index is -0.509. The van der Waals surface area contributed by atoms with Crippen LogP contribution in [-0.2, 0) is 9.53 Å². The third-order valence-electron chi connectivity index (χ3n) is 4.16. The summed E-state index contributed by atoms with van der Waals surface area (Å²) >= 11 is 6.25. The Kier molecular flexibility index (Phi) is 5.62. The fourth-order valence-electron chi connectivity index (χ4n) is 2.95. The van der Waals surface area contributed by atoms with Crippen LogP contribution in [0.2, 0.25) is 5.02 Å². The van der Waals surface area contributed by atoms with Crippen molar-refractivity contribution >= 4 is 17.6 Å². The molecule has 1 saturated heterocycles. The van der Waals surface area contributed by atoms with Crippen molar-refractivity contribution in [1.82, 2.24) is 4.90 Å². The Balaban J connectivity index is 2.28. The van der Waals surface area contributed by atoms with Crippen molar-refractivity contribution < 1.29 is 14.6 Å². The van der Waals surface area contributed by atoms with Crippen LogP contribution in [0.4, 0.5) is 0 Å². The largest absolute Gasteiger partial charge is 0.468 e. The number of carbonyl (C=O) groups is 1. The maximum atomic E-state index is 12.3. The summed E-state index contributed by atoms with van der Waals surface area (Å²) in [6, 6.07) is 6.84. The summed E-state index contributed by atoms with van der Waals surface area (Å²) < 4.78 is 4.97. The number of piperidine rings is 1. The van der Waals surface area contributed by atoms with Crippen LogP contribution in [0.5, 0.6) is 0 Å². The lowest BCUT2D eigenvalue weighted by atomic mass is 9.91. The van der Waals surface area contributed by atoms with Gasteiger partial charge in [-0.25, -0.2) is 4.79 Å². The van der Waals surface area contributed by atoms with Gasteiger partial charge in [0, 0.05) is 11.6 Å². The summed E-state index contributed by atoms with van der Waals surface area (Å²) in [6.45, 7) is 3.27. The number of benzene rings is 1. The number of carbonyl (C=O) groups excluding carboxylic acids is 1. The number of ether oxygens (including phenoxy) is 1. The first-order valence-corrected chi connectivity index (χ1v) is 7.66. The van der Waals surface area contributed by atoms with Crippen LogP contribution < -0.4 is 0 Å². The molecule has 0 spiro atoms. The highest BCUT2D eigenvalue weighted by Crippen LogP contribution is 2.32. The Morgan fingerprint density at radius 1 is 1.48 bits per heavy atom. The minimum absolute atomic E-state index is 0.174. The van der Waals surface area contributed by atoms with E-state index in [0.29, 0.717) is 11.6 Å². The van der Waals surface area contributed by atoms with Gasteiger partial charge in [0.05, 0.1) is 13.2 Å². The molecule has 0 saturated carbocycles. The maximum Gasteiger partial charge on any atom is 0.327 e. The third-order valence-corrected chi connectivity index (χ3v) is 4.51. The minimum Gasteiger partial charge on any atom is -0.468 e. The number of hydrogen-bond donors (Lipinski definition) is 1. The van der Waals surface area contributed by atoms with E-state index in [1.54, 1.807) is 13.0 Å². The van der Waals surface area contributed by atoms with Crippen LogP contribution in [-0.4, -0.2) is 42.3 Å². The van der Waals surface area contributed by atoms with Crippen LogP contribution >= 0.6 is 11.6 Å². The molecule has 1 aliphatic heterocycles. The van der Waals surface area contributed by atoms with Gasteiger partial charge in [-0.15, -0.1) is 0 Å². The molecule has 1 N–H and O–H groups in total. The number of aliphatic hydroxyl groups is 1. The zero-order valence-corrected chi connectivity index (χ0v) is 13.2. The smallest absolute Gasteiger partial charge is 0.327 e. The molecule has 3 unspecified atom stereocenters. The Hall–Kier alpha value is -1.10. The molecule has 1 aromatic rings. The van der Waals surface area contributed by atoms with E-state index in [2.05, 4.69) is 4.90 Å². The van der Waals surface area contributed by atoms with Gasteiger partial charge in [-0.3, -0.25) is 4.90 Å². The number of aliphatic hydroxyl groups excluding tert-OH is 1. The first-order chi connectivity index (χ1) is 10.0. The van der Waals surface area contributed by atoms with Crippen LogP contribution in [0.15, 0.2) is 24.3 Å². The summed E-state index contributed by atoms with van der Waals surface area (Å²) in [6.07, 6.45) is 1.55. The second-order valence-electron chi connectivity index (χ2n) is 5.59. The molecular formula is C16H22ClNO3. The van der Waals surface area contributed by atoms with Gasteiger partial charge >= 0.3 is 5.97 Å². The van der Waals surface area contributed by atoms with Crippen LogP contribution in [0, 0.1) is 5.92 Å². The number of hydrogen-bond acceptors (Lipinski definition) is 4. The summed E-state index contributed by atoms with van der Waals surface area (Å²) in [5.41, 5.74) is 0.761. The number of likely N-dealkylation sites (tertiary alicyclic amines) is 1. The number of halogens is 1. The van der Waals surface area contributed by atoms with E-state index < -0.39 is 6.04 Å². The monoisotopic (exact) mass is 311 g/mol. The number of methoxy groups -OCH3 is 1. The Morgan fingerprint density at radius 3 is 2.81 bits per heavy atom. The number of esters is 1. The summed E-state index contributed by atoms with van der Waals surface area (Å²) in [5, 5.41) is 10.4. The quantitative estimate of drug-likeness (QED) is 0.869. The van der Waals surface area contributed by atoms with Crippen molar-refractivity contribution in [2.24, 2.45) is 5.92 Å². The Labute approximate surface area is 130 Å². The lowest BCUT2D eigenvalue weighted by molar-refractivity contribution is -0.148. The zero-order valence-electron chi connectivity index (χ0n) is 12.5. The molecule has 0 aromatic heterocycles. The fourth-order valence-corrected chi connectivity index (χ4v) is 3.19. The van der Waals surface area contributed by atoms with Gasteiger partial charge in [0.2, 0.25) is 0 Å². The predicted molar refractivity (Wildman–Crippen MR) is 82.2 cm³/mol. The zero-order chi connectivity index (χ0) is 15.4. The van der Waals surface area contributed by atoms with E-state index in [4.69, 9.17) is 16.3 Å². The second-order valence-corrected chi connectivity index (χ2v) is 5.99. The van der Waals surface area contributed by atoms with Gasteiger partial charge in [0.1, 0.15) is 6.04 Å². The molecule has 0 aliphatic carbocycles. The molecule has 0 radical (unpaired) electrons. The van der Waals surface area contributed by atoms with Gasteiger partial charge in [0.25, 0.3) is 0 Å². The molecule has 2 rings (SSSR count). The van der Waals surface area contributed by atoms with Crippen molar-refractivity contribution in [1.29, 1.82) is 0 Å². The molecule has 3 atom stereocenters. The van der Waals surface area contributed by atoms with E-state index in [1.165, 1.54) is 7.11 Å². The van der Waals surface area contributed by atoms with E-state index in [0.717, 1.165) is 24.9 Å². The van der Waals surface area contributed by atoms with Crippen molar-refractivity contribution in [2.75, 3.05) is 20.2 Å². The van der Waals surface area contributed by atoms with Gasteiger partial charge in [-0.05, 0) is 43.9 Å². The molecule has 0 amide bonds. The van der Waals surface area contributed by atoms with E-state index in [-0.39, 0.29) is 18.0 Å². The predicted octanol–water partition coefficient (Wildman–Crippen LogP) is 2.65. The first-order valence-electron chi connectivity index (χ1n) is 7.29. The third kappa shape index (κ3) is 3.76. The van der Waals surface area contributed by atoms with Gasteiger partial charge in [0.15, 0.2) is 0 Å². The van der Waals surface area contributed by atoms with Gasteiger partial charge < -0.3 is 9.84 Å². The SMILES string of the molecule is COC(=O)C(c1ccccc1Cl)N1CCCC(C(C)O)C1. The van der Waals surface area contributed by atoms with Crippen LogP contribution in [0.1, 0.15) is 31.4 Å². The van der Waals surface area contributed by atoms with E-state index >= 15 is 0 Å². The van der Waals surface area contributed by atoms with Crippen molar-refractivity contribution in [3.8, 4) is 0 Å². The molecular weight excluding hydrogens is 290 g/mol. The molecule has 1 aromatic carbocycles. The van der Waals surface area contributed by atoms with Gasteiger partial charge in [-0.2, -0.15) is 0 Å². The van der Waals surface area contributed by atoms with Crippen molar-refractivity contribution in [2.45, 2.75) is 31.9 Å². The van der Waals surface area contributed by atoms with Crippen molar-refractivity contribution in [3.63, 3.8) is 0 Å². The Bertz CT molecular complexity index is 492. The molecule has 21 heavy (non-hydrogen) atoms. The van der Waals surface area contributed by atoms with E-state index in [1.807, 2.05) is 18.2 Å². The van der Waals surface area contributed by atoms with Crippen LogP contribution in [0.25, 0.3) is 0 Å².